The molecule has 6 aromatic carbocycles. The molecule has 0 radical (unpaired) electrons. The Bertz CT molecular complexity index is 2540. The molecule has 0 atom stereocenters. The Labute approximate surface area is 265 Å². The Hall–Kier alpha value is -6.30. The zero-order valence-electron chi connectivity index (χ0n) is 25.2. The Morgan fingerprint density at radius 1 is 0.630 bits per heavy atom. The van der Waals surface area contributed by atoms with E-state index in [1.807, 2.05) is 36.4 Å². The minimum absolute atomic E-state index is 0.159. The second kappa shape index (κ2) is 9.35. The molecule has 8 aromatic rings. The molecule has 1 aliphatic heterocycles. The summed E-state index contributed by atoms with van der Waals surface area (Å²) in [6.07, 6.45) is 0. The zero-order chi connectivity index (χ0) is 31.2. The van der Waals surface area contributed by atoms with Crippen molar-refractivity contribution in [1.82, 2.24) is 4.57 Å². The van der Waals surface area contributed by atoms with Crippen molar-refractivity contribution in [3.8, 4) is 11.8 Å². The molecule has 46 heavy (non-hydrogen) atoms. The smallest absolute Gasteiger partial charge is 0.188 e. The van der Waals surface area contributed by atoms with Crippen molar-refractivity contribution >= 4 is 66.5 Å². The van der Waals surface area contributed by atoms with E-state index in [-0.39, 0.29) is 5.41 Å². The number of nitriles is 1. The van der Waals surface area contributed by atoms with Crippen molar-refractivity contribution in [2.24, 2.45) is 0 Å². The molecule has 0 fully saturated rings. The molecular weight excluding hydrogens is 564 g/mol. The summed E-state index contributed by atoms with van der Waals surface area (Å²) in [7, 11) is 0. The van der Waals surface area contributed by atoms with Gasteiger partial charge in [0.1, 0.15) is 0 Å². The van der Waals surface area contributed by atoms with Crippen LogP contribution in [0.1, 0.15) is 30.5 Å². The molecular formula is C41H26N4O. The van der Waals surface area contributed by atoms with Gasteiger partial charge in [-0.25, -0.2) is 4.85 Å². The van der Waals surface area contributed by atoms with E-state index in [0.717, 1.165) is 66.5 Å². The molecule has 0 aliphatic carbocycles. The highest BCUT2D eigenvalue weighted by molar-refractivity contribution is 6.15. The quantitative estimate of drug-likeness (QED) is 0.188. The predicted octanol–water partition coefficient (Wildman–Crippen LogP) is 11.2. The first-order chi connectivity index (χ1) is 22.5. The second-order valence-corrected chi connectivity index (χ2v) is 12.4. The van der Waals surface area contributed by atoms with Gasteiger partial charge in [-0.05, 0) is 71.1 Å². The first kappa shape index (κ1) is 26.1. The number of para-hydroxylation sites is 4. The van der Waals surface area contributed by atoms with Crippen molar-refractivity contribution < 1.29 is 4.42 Å². The van der Waals surface area contributed by atoms with Crippen molar-refractivity contribution in [2.45, 2.75) is 19.3 Å². The maximum Gasteiger partial charge on any atom is 0.188 e. The highest BCUT2D eigenvalue weighted by atomic mass is 16.3. The van der Waals surface area contributed by atoms with E-state index >= 15 is 0 Å². The lowest BCUT2D eigenvalue weighted by molar-refractivity contribution is 0.630. The van der Waals surface area contributed by atoms with Gasteiger partial charge < -0.3 is 13.9 Å². The molecule has 0 amide bonds. The highest BCUT2D eigenvalue weighted by Crippen LogP contribution is 2.53. The highest BCUT2D eigenvalue weighted by Gasteiger charge is 2.37. The van der Waals surface area contributed by atoms with E-state index in [2.05, 4.69) is 119 Å². The van der Waals surface area contributed by atoms with Crippen molar-refractivity contribution in [1.29, 1.82) is 5.26 Å². The van der Waals surface area contributed by atoms with E-state index in [0.29, 0.717) is 11.3 Å². The summed E-state index contributed by atoms with van der Waals surface area (Å²) in [6.45, 7) is 12.2. The summed E-state index contributed by atoms with van der Waals surface area (Å²) in [4.78, 5) is 6.02. The summed E-state index contributed by atoms with van der Waals surface area (Å²) < 4.78 is 9.19. The van der Waals surface area contributed by atoms with Crippen molar-refractivity contribution in [3.05, 3.63) is 149 Å². The minimum Gasteiger partial charge on any atom is -0.452 e. The normalized spacial score (nSPS) is 13.5. The van der Waals surface area contributed by atoms with Crippen LogP contribution in [0.3, 0.4) is 0 Å². The van der Waals surface area contributed by atoms with Crippen LogP contribution in [0.2, 0.25) is 0 Å². The SMILES string of the molecule is [C-]#[N+]c1ccc2c(c1)c1cc(C#N)ccc1n2-c1cccc2c1oc1c(N3c4ccccc4C(C)(C)c4ccccc43)cccc12. The van der Waals surface area contributed by atoms with Crippen LogP contribution in [0, 0.1) is 17.9 Å². The molecule has 0 unspecified atom stereocenters. The number of nitrogens with zero attached hydrogens (tertiary/aromatic N) is 4. The lowest BCUT2D eigenvalue weighted by atomic mass is 9.73. The first-order valence-electron chi connectivity index (χ1n) is 15.3. The Morgan fingerprint density at radius 2 is 1.20 bits per heavy atom. The minimum atomic E-state index is -0.159. The fourth-order valence-electron chi connectivity index (χ4n) is 7.48. The standard InChI is InChI=1S/C41H26N4O/c1-41(2)31-12-4-6-14-35(31)45(36-15-7-5-13-32(36)41)38-17-9-11-28-27-10-8-16-37(39(27)46-40(28)38)44-33-20-18-25(24-42)22-29(33)30-23-26(43-3)19-21-34(30)44/h4-23H,1-2H3. The van der Waals surface area contributed by atoms with E-state index in [9.17, 15) is 5.26 Å². The van der Waals surface area contributed by atoms with E-state index < -0.39 is 0 Å². The van der Waals surface area contributed by atoms with Crippen LogP contribution in [0.5, 0.6) is 0 Å². The third kappa shape index (κ3) is 3.43. The Morgan fingerprint density at radius 3 is 1.85 bits per heavy atom. The molecule has 0 saturated heterocycles. The van der Waals surface area contributed by atoms with Gasteiger partial charge in [0.25, 0.3) is 0 Å². The number of benzene rings is 6. The number of aromatic nitrogens is 1. The van der Waals surface area contributed by atoms with Crippen LogP contribution >= 0.6 is 0 Å². The lowest BCUT2D eigenvalue weighted by Gasteiger charge is -2.41. The molecule has 5 heteroatoms. The maximum atomic E-state index is 9.68. The molecule has 0 spiro atoms. The fraction of sp³-hybridized carbons (Fsp3) is 0.0732. The summed E-state index contributed by atoms with van der Waals surface area (Å²) in [5.74, 6) is 0. The van der Waals surface area contributed by atoms with Crippen LogP contribution in [-0.4, -0.2) is 4.57 Å². The van der Waals surface area contributed by atoms with Gasteiger partial charge in [0.15, 0.2) is 16.9 Å². The van der Waals surface area contributed by atoms with Gasteiger partial charge in [-0.3, -0.25) is 0 Å². The van der Waals surface area contributed by atoms with Gasteiger partial charge >= 0.3 is 0 Å². The topological polar surface area (TPSA) is 49.5 Å². The molecule has 0 bridgehead atoms. The summed E-state index contributed by atoms with van der Waals surface area (Å²) >= 11 is 0. The summed E-state index contributed by atoms with van der Waals surface area (Å²) in [5.41, 5.74) is 11.2. The first-order valence-corrected chi connectivity index (χ1v) is 15.3. The van der Waals surface area contributed by atoms with Crippen LogP contribution in [-0.2, 0) is 5.41 Å². The monoisotopic (exact) mass is 590 g/mol. The molecule has 9 rings (SSSR count). The molecule has 1 aliphatic rings. The average molecular weight is 591 g/mol. The third-order valence-corrected chi connectivity index (χ3v) is 9.61. The molecule has 0 saturated carbocycles. The summed E-state index contributed by atoms with van der Waals surface area (Å²) in [5, 5.41) is 13.6. The maximum absolute atomic E-state index is 9.68. The van der Waals surface area contributed by atoms with Gasteiger partial charge in [0, 0.05) is 21.6 Å². The Balaban J connectivity index is 1.35. The van der Waals surface area contributed by atoms with Gasteiger partial charge in [0.2, 0.25) is 0 Å². The van der Waals surface area contributed by atoms with Crippen LogP contribution in [0.15, 0.2) is 126 Å². The predicted molar refractivity (Wildman–Crippen MR) is 186 cm³/mol. The molecule has 216 valence electrons. The Kier molecular flexibility index (Phi) is 5.31. The fourth-order valence-corrected chi connectivity index (χ4v) is 7.48. The largest absolute Gasteiger partial charge is 0.452 e. The van der Waals surface area contributed by atoms with Gasteiger partial charge in [0.05, 0.1) is 52.0 Å². The number of fused-ring (bicyclic) bond motifs is 8. The molecule has 0 N–H and O–H groups in total. The van der Waals surface area contributed by atoms with Crippen molar-refractivity contribution in [3.63, 3.8) is 0 Å². The number of rotatable bonds is 2. The number of furan rings is 1. The summed E-state index contributed by atoms with van der Waals surface area (Å²) in [6, 6.07) is 43.7. The van der Waals surface area contributed by atoms with Crippen LogP contribution in [0.25, 0.3) is 54.3 Å². The van der Waals surface area contributed by atoms with Crippen LogP contribution in [0.4, 0.5) is 22.7 Å². The number of hydrogen-bond donors (Lipinski definition) is 0. The van der Waals surface area contributed by atoms with E-state index in [1.54, 1.807) is 0 Å². The molecule has 2 aromatic heterocycles. The van der Waals surface area contributed by atoms with Crippen LogP contribution < -0.4 is 4.90 Å². The molecule has 3 heterocycles. The van der Waals surface area contributed by atoms with E-state index in [1.165, 1.54) is 11.1 Å². The third-order valence-electron chi connectivity index (χ3n) is 9.61. The zero-order valence-corrected chi connectivity index (χ0v) is 25.2. The van der Waals surface area contributed by atoms with Crippen molar-refractivity contribution in [2.75, 3.05) is 4.90 Å². The average Bonchev–Trinajstić information content (AvgIpc) is 3.64. The molecule has 5 nitrogen and oxygen atoms in total. The second-order valence-electron chi connectivity index (χ2n) is 12.4. The van der Waals surface area contributed by atoms with Gasteiger partial charge in [-0.2, -0.15) is 5.26 Å². The lowest BCUT2D eigenvalue weighted by Crippen LogP contribution is -2.30. The number of hydrogen-bond acceptors (Lipinski definition) is 3. The van der Waals surface area contributed by atoms with Gasteiger partial charge in [-0.1, -0.05) is 80.6 Å². The van der Waals surface area contributed by atoms with E-state index in [4.69, 9.17) is 11.0 Å². The number of anilines is 3. The van der Waals surface area contributed by atoms with Gasteiger partial charge in [-0.15, -0.1) is 0 Å².